The van der Waals surface area contributed by atoms with Crippen LogP contribution >= 0.6 is 11.6 Å². The number of aromatic nitrogens is 3. The summed E-state index contributed by atoms with van der Waals surface area (Å²) in [6.45, 7) is 2.25. The zero-order valence-electron chi connectivity index (χ0n) is 11.6. The Kier molecular flexibility index (Phi) is 4.94. The van der Waals surface area contributed by atoms with Crippen molar-refractivity contribution in [2.24, 2.45) is 0 Å². The molecular formula is C12H16ClN5O2S. The zero-order chi connectivity index (χ0) is 15.5. The molecule has 0 spiro atoms. The molecule has 0 radical (unpaired) electrons. The minimum atomic E-state index is -3.68. The van der Waals surface area contributed by atoms with Crippen LogP contribution in [-0.2, 0) is 16.6 Å². The Morgan fingerprint density at radius 3 is 2.76 bits per heavy atom. The van der Waals surface area contributed by atoms with Crippen molar-refractivity contribution in [2.75, 3.05) is 7.05 Å². The van der Waals surface area contributed by atoms with Crippen molar-refractivity contribution >= 4 is 21.6 Å². The number of halogens is 1. The maximum absolute atomic E-state index is 12.3. The Morgan fingerprint density at radius 1 is 1.43 bits per heavy atom. The second-order valence-electron chi connectivity index (χ2n) is 4.50. The Balaban J connectivity index is 2.21. The molecule has 0 amide bonds. The second-order valence-corrected chi connectivity index (χ2v) is 6.62. The van der Waals surface area contributed by atoms with E-state index < -0.39 is 16.1 Å². The van der Waals surface area contributed by atoms with Crippen LogP contribution in [0, 0.1) is 0 Å². The Bertz CT molecular complexity index is 702. The van der Waals surface area contributed by atoms with Gasteiger partial charge in [-0.25, -0.2) is 18.1 Å². The number of hydrogen-bond acceptors (Lipinski definition) is 5. The maximum atomic E-state index is 12.3. The largest absolute Gasteiger partial charge is 0.316 e. The van der Waals surface area contributed by atoms with Gasteiger partial charge in [-0.1, -0.05) is 17.7 Å². The average molecular weight is 330 g/mol. The van der Waals surface area contributed by atoms with Crippen molar-refractivity contribution < 1.29 is 8.42 Å². The Morgan fingerprint density at radius 2 is 2.19 bits per heavy atom. The first-order valence-electron chi connectivity index (χ1n) is 6.24. The van der Waals surface area contributed by atoms with Gasteiger partial charge in [-0.3, -0.25) is 5.10 Å². The normalized spacial score (nSPS) is 13.3. The first kappa shape index (κ1) is 15.9. The van der Waals surface area contributed by atoms with Crippen molar-refractivity contribution in [3.8, 4) is 0 Å². The Hall–Kier alpha value is -1.48. The monoisotopic (exact) mass is 329 g/mol. The van der Waals surface area contributed by atoms with Crippen LogP contribution in [0.15, 0.2) is 29.4 Å². The van der Waals surface area contributed by atoms with Crippen molar-refractivity contribution in [1.82, 2.24) is 25.2 Å². The van der Waals surface area contributed by atoms with Crippen molar-refractivity contribution in [3.63, 3.8) is 0 Å². The first-order chi connectivity index (χ1) is 9.94. The van der Waals surface area contributed by atoms with E-state index in [1.54, 1.807) is 20.0 Å². The molecule has 0 fully saturated rings. The topological polar surface area (TPSA) is 99.8 Å². The molecule has 1 aromatic heterocycles. The molecular weight excluding hydrogens is 314 g/mol. The quantitative estimate of drug-likeness (QED) is 0.740. The lowest BCUT2D eigenvalue weighted by atomic mass is 10.2. The lowest BCUT2D eigenvalue weighted by molar-refractivity contribution is 0.560. The average Bonchev–Trinajstić information content (AvgIpc) is 2.95. The minimum absolute atomic E-state index is 0.110. The van der Waals surface area contributed by atoms with E-state index in [1.165, 1.54) is 18.5 Å². The number of H-pyrrole nitrogens is 1. The third-order valence-electron chi connectivity index (χ3n) is 2.88. The highest BCUT2D eigenvalue weighted by Gasteiger charge is 2.20. The number of sulfonamides is 1. The molecule has 1 aromatic carbocycles. The predicted molar refractivity (Wildman–Crippen MR) is 79.3 cm³/mol. The van der Waals surface area contributed by atoms with Crippen LogP contribution in [0.2, 0.25) is 5.02 Å². The summed E-state index contributed by atoms with van der Waals surface area (Å²) in [6, 6.07) is 4.12. The zero-order valence-corrected chi connectivity index (χ0v) is 13.2. The van der Waals surface area contributed by atoms with Crippen LogP contribution in [0.3, 0.4) is 0 Å². The van der Waals surface area contributed by atoms with Gasteiger partial charge in [0.05, 0.1) is 10.9 Å². The van der Waals surface area contributed by atoms with Gasteiger partial charge in [0, 0.05) is 11.6 Å². The summed E-state index contributed by atoms with van der Waals surface area (Å²) >= 11 is 6.09. The fraction of sp³-hybridized carbons (Fsp3) is 0.333. The van der Waals surface area contributed by atoms with Gasteiger partial charge in [0.25, 0.3) is 0 Å². The standard InChI is InChI=1S/C12H16ClN5O2S/c1-8(12-15-7-16-17-12)18-21(19,20)10-4-3-9(6-14-2)11(13)5-10/h3-5,7-8,14,18H,6H2,1-2H3,(H,15,16,17). The molecule has 0 aliphatic carbocycles. The van der Waals surface area contributed by atoms with Crippen molar-refractivity contribution in [2.45, 2.75) is 24.4 Å². The van der Waals surface area contributed by atoms with E-state index in [0.717, 1.165) is 5.56 Å². The van der Waals surface area contributed by atoms with Crippen LogP contribution in [0.1, 0.15) is 24.4 Å². The van der Waals surface area contributed by atoms with Gasteiger partial charge in [-0.15, -0.1) is 0 Å². The summed E-state index contributed by atoms with van der Waals surface area (Å²) in [5.41, 5.74) is 0.835. The van der Waals surface area contributed by atoms with E-state index in [9.17, 15) is 8.42 Å². The number of nitrogens with one attached hydrogen (secondary N) is 3. The molecule has 0 bridgehead atoms. The summed E-state index contributed by atoms with van der Waals surface area (Å²) in [5.74, 6) is 0.441. The molecule has 1 atom stereocenters. The molecule has 9 heteroatoms. The third-order valence-corrected chi connectivity index (χ3v) is 4.77. The second kappa shape index (κ2) is 6.52. The fourth-order valence-corrected chi connectivity index (χ4v) is 3.35. The van der Waals surface area contributed by atoms with Gasteiger partial charge in [-0.05, 0) is 31.7 Å². The van der Waals surface area contributed by atoms with E-state index >= 15 is 0 Å². The SMILES string of the molecule is CNCc1ccc(S(=O)(=O)NC(C)c2ncn[nH]2)cc1Cl. The number of benzene rings is 1. The summed E-state index contributed by atoms with van der Waals surface area (Å²) < 4.78 is 27.1. The van der Waals surface area contributed by atoms with E-state index in [4.69, 9.17) is 11.6 Å². The lowest BCUT2D eigenvalue weighted by Gasteiger charge is -2.13. The molecule has 1 unspecified atom stereocenters. The summed E-state index contributed by atoms with van der Waals surface area (Å²) in [4.78, 5) is 4.03. The van der Waals surface area contributed by atoms with Crippen LogP contribution in [0.25, 0.3) is 0 Å². The summed E-state index contributed by atoms with van der Waals surface area (Å²) in [6.07, 6.45) is 1.32. The number of aromatic amines is 1. The molecule has 2 aromatic rings. The molecule has 0 saturated carbocycles. The van der Waals surface area contributed by atoms with Crippen molar-refractivity contribution in [3.05, 3.63) is 40.9 Å². The summed E-state index contributed by atoms with van der Waals surface area (Å²) in [5, 5.41) is 9.69. The smallest absolute Gasteiger partial charge is 0.241 e. The highest BCUT2D eigenvalue weighted by molar-refractivity contribution is 7.89. The van der Waals surface area contributed by atoms with E-state index in [0.29, 0.717) is 17.4 Å². The highest BCUT2D eigenvalue weighted by Crippen LogP contribution is 2.22. The molecule has 0 saturated heterocycles. The first-order valence-corrected chi connectivity index (χ1v) is 8.11. The van der Waals surface area contributed by atoms with Gasteiger partial charge >= 0.3 is 0 Å². The predicted octanol–water partition coefficient (Wildman–Crippen LogP) is 1.22. The number of nitrogens with zero attached hydrogens (tertiary/aromatic N) is 2. The van der Waals surface area contributed by atoms with Gasteiger partial charge < -0.3 is 5.32 Å². The van der Waals surface area contributed by atoms with E-state index in [1.807, 2.05) is 0 Å². The van der Waals surface area contributed by atoms with E-state index in [-0.39, 0.29) is 4.90 Å². The molecule has 114 valence electrons. The molecule has 2 rings (SSSR count). The number of hydrogen-bond donors (Lipinski definition) is 3. The van der Waals surface area contributed by atoms with Crippen molar-refractivity contribution in [1.29, 1.82) is 0 Å². The third kappa shape index (κ3) is 3.79. The van der Waals surface area contributed by atoms with Gasteiger partial charge in [0.2, 0.25) is 10.0 Å². The molecule has 1 heterocycles. The van der Waals surface area contributed by atoms with Gasteiger partial charge in [-0.2, -0.15) is 5.10 Å². The van der Waals surface area contributed by atoms with Crippen LogP contribution in [-0.4, -0.2) is 30.6 Å². The fourth-order valence-electron chi connectivity index (χ4n) is 1.81. The van der Waals surface area contributed by atoms with Gasteiger partial charge in [0.15, 0.2) is 0 Å². The molecule has 3 N–H and O–H groups in total. The minimum Gasteiger partial charge on any atom is -0.316 e. The number of rotatable bonds is 6. The lowest BCUT2D eigenvalue weighted by Crippen LogP contribution is -2.27. The van der Waals surface area contributed by atoms with Crippen LogP contribution in [0.5, 0.6) is 0 Å². The summed E-state index contributed by atoms with van der Waals surface area (Å²) in [7, 11) is -1.89. The highest BCUT2D eigenvalue weighted by atomic mass is 35.5. The molecule has 7 nitrogen and oxygen atoms in total. The maximum Gasteiger partial charge on any atom is 0.241 e. The van der Waals surface area contributed by atoms with Gasteiger partial charge in [0.1, 0.15) is 12.2 Å². The molecule has 0 aliphatic heterocycles. The van der Waals surface area contributed by atoms with E-state index in [2.05, 4.69) is 25.2 Å². The van der Waals surface area contributed by atoms with Crippen LogP contribution in [0.4, 0.5) is 0 Å². The molecule has 0 aliphatic rings. The molecule has 21 heavy (non-hydrogen) atoms. The Labute approximate surface area is 128 Å². The van der Waals surface area contributed by atoms with Crippen LogP contribution < -0.4 is 10.0 Å².